The zero-order valence-electron chi connectivity index (χ0n) is 19.9. The van der Waals surface area contributed by atoms with Crippen molar-refractivity contribution in [3.05, 3.63) is 52.8 Å². The van der Waals surface area contributed by atoms with Crippen LogP contribution >= 0.6 is 0 Å². The zero-order valence-corrected chi connectivity index (χ0v) is 19.9. The highest BCUT2D eigenvalue weighted by Crippen LogP contribution is 2.33. The van der Waals surface area contributed by atoms with Crippen molar-refractivity contribution in [3.63, 3.8) is 0 Å². The number of aromatic hydroxyl groups is 1. The van der Waals surface area contributed by atoms with Crippen LogP contribution in [0.2, 0.25) is 0 Å². The van der Waals surface area contributed by atoms with Crippen molar-refractivity contribution in [2.45, 2.75) is 59.1 Å². The molecule has 1 heterocycles. The molecule has 2 rings (SSSR count). The van der Waals surface area contributed by atoms with Gasteiger partial charge in [0.1, 0.15) is 11.8 Å². The average molecular weight is 443 g/mol. The Balaban J connectivity index is 2.16. The van der Waals surface area contributed by atoms with E-state index in [0.29, 0.717) is 12.2 Å². The number of amides is 1. The van der Waals surface area contributed by atoms with E-state index >= 15 is 0 Å². The van der Waals surface area contributed by atoms with Crippen LogP contribution in [0.25, 0.3) is 0 Å². The molecule has 0 fully saturated rings. The number of hydrogen-bond donors (Lipinski definition) is 2. The van der Waals surface area contributed by atoms with E-state index in [1.807, 2.05) is 6.92 Å². The highest BCUT2D eigenvalue weighted by Gasteiger charge is 2.32. The van der Waals surface area contributed by atoms with Crippen molar-refractivity contribution < 1.29 is 24.2 Å². The van der Waals surface area contributed by atoms with Gasteiger partial charge < -0.3 is 24.7 Å². The summed E-state index contributed by atoms with van der Waals surface area (Å²) >= 11 is 0. The average Bonchev–Trinajstić information content (AvgIpc) is 2.74. The van der Waals surface area contributed by atoms with Gasteiger partial charge in [-0.2, -0.15) is 0 Å². The van der Waals surface area contributed by atoms with Gasteiger partial charge in [-0.1, -0.05) is 37.6 Å². The van der Waals surface area contributed by atoms with Gasteiger partial charge in [0.25, 0.3) is 5.91 Å². The van der Waals surface area contributed by atoms with Gasteiger partial charge in [0.05, 0.1) is 19.8 Å². The van der Waals surface area contributed by atoms with Crippen LogP contribution in [-0.4, -0.2) is 47.6 Å². The molecule has 0 spiro atoms. The largest absolute Gasteiger partial charge is 0.503 e. The van der Waals surface area contributed by atoms with Crippen LogP contribution < -0.4 is 10.1 Å². The number of hydrogen-bond acceptors (Lipinski definition) is 6. The summed E-state index contributed by atoms with van der Waals surface area (Å²) in [7, 11) is 1.38. The number of carbonyl (C=O) groups is 2. The number of pyridine rings is 1. The van der Waals surface area contributed by atoms with Crippen molar-refractivity contribution in [3.8, 4) is 11.5 Å². The minimum absolute atomic E-state index is 0.0255. The molecule has 0 unspecified atom stereocenters. The first-order valence-electron chi connectivity index (χ1n) is 10.7. The Labute approximate surface area is 190 Å². The van der Waals surface area contributed by atoms with E-state index in [1.165, 1.54) is 36.1 Å². The Bertz CT molecular complexity index is 959. The lowest BCUT2D eigenvalue weighted by Crippen LogP contribution is -2.52. The highest BCUT2D eigenvalue weighted by molar-refractivity contribution is 5.97. The van der Waals surface area contributed by atoms with Crippen LogP contribution in [0.5, 0.6) is 11.5 Å². The molecule has 0 aliphatic heterocycles. The van der Waals surface area contributed by atoms with Gasteiger partial charge in [-0.05, 0) is 44.7 Å². The normalized spacial score (nSPS) is 15.0. The lowest BCUT2D eigenvalue weighted by atomic mass is 9.82. The van der Waals surface area contributed by atoms with Gasteiger partial charge in [-0.3, -0.25) is 4.79 Å². The first-order chi connectivity index (χ1) is 15.0. The van der Waals surface area contributed by atoms with Gasteiger partial charge >= 0.3 is 0 Å². The van der Waals surface area contributed by atoms with Crippen molar-refractivity contribution in [1.82, 2.24) is 10.3 Å². The lowest BCUT2D eigenvalue weighted by Gasteiger charge is -2.32. The van der Waals surface area contributed by atoms with Crippen LogP contribution in [0, 0.1) is 19.8 Å². The molecule has 32 heavy (non-hydrogen) atoms. The summed E-state index contributed by atoms with van der Waals surface area (Å²) in [5.74, 6) is -0.532. The summed E-state index contributed by atoms with van der Waals surface area (Å²) in [5, 5.41) is 12.8. The molecule has 3 atom stereocenters. The van der Waals surface area contributed by atoms with Crippen LogP contribution in [0.3, 0.4) is 0 Å². The number of methoxy groups -OCH3 is 1. The minimum Gasteiger partial charge on any atom is -0.503 e. The predicted octanol–water partition coefficient (Wildman–Crippen LogP) is 3.94. The van der Waals surface area contributed by atoms with Crippen LogP contribution in [0.1, 0.15) is 60.8 Å². The second kappa shape index (κ2) is 10.6. The van der Waals surface area contributed by atoms with Crippen LogP contribution in [-0.2, 0) is 9.53 Å². The summed E-state index contributed by atoms with van der Waals surface area (Å²) in [6, 6.07) is 7.82. The predicted molar refractivity (Wildman–Crippen MR) is 123 cm³/mol. The fraction of sp³-hybridized carbons (Fsp3) is 0.480. The Morgan fingerprint density at radius 2 is 1.94 bits per heavy atom. The third kappa shape index (κ3) is 5.85. The van der Waals surface area contributed by atoms with Gasteiger partial charge in [0.15, 0.2) is 17.2 Å². The molecule has 174 valence electrons. The number of nitrogens with one attached hydrogen (secondary N) is 1. The monoisotopic (exact) mass is 442 g/mol. The SMILES string of the molecule is COc1ccnc(C(=O)N[C@@](C)(C=O)CO[C@@H](C)[C@@H](c2ccc(C)cc2C)C(C)C)c1O. The van der Waals surface area contributed by atoms with E-state index in [4.69, 9.17) is 9.47 Å². The van der Waals surface area contributed by atoms with Crippen molar-refractivity contribution in [2.24, 2.45) is 5.92 Å². The van der Waals surface area contributed by atoms with Gasteiger partial charge in [0.2, 0.25) is 0 Å². The molecule has 1 amide bonds. The topological polar surface area (TPSA) is 97.8 Å². The molecule has 1 aromatic heterocycles. The standard InChI is InChI=1S/C25H34N2O5/c1-15(2)21(19-9-8-16(3)12-17(19)4)18(5)32-14-25(6,13-28)27-24(30)22-23(29)20(31-7)10-11-26-22/h8-13,15,18,21,29H,14H2,1-7H3,(H,27,30)/t18-,21-,25-/m0/s1. The van der Waals surface area contributed by atoms with Crippen molar-refractivity contribution >= 4 is 12.2 Å². The smallest absolute Gasteiger partial charge is 0.274 e. The molecule has 0 aliphatic rings. The third-order valence-corrected chi connectivity index (χ3v) is 5.64. The van der Waals surface area contributed by atoms with E-state index in [-0.39, 0.29) is 35.8 Å². The van der Waals surface area contributed by atoms with Gasteiger partial charge in [0, 0.05) is 18.2 Å². The Morgan fingerprint density at radius 1 is 1.25 bits per heavy atom. The summed E-state index contributed by atoms with van der Waals surface area (Å²) in [6.45, 7) is 12.0. The molecule has 0 radical (unpaired) electrons. The number of aryl methyl sites for hydroxylation is 2. The fourth-order valence-electron chi connectivity index (χ4n) is 3.95. The molecule has 0 aliphatic carbocycles. The van der Waals surface area contributed by atoms with E-state index in [1.54, 1.807) is 6.92 Å². The summed E-state index contributed by atoms with van der Waals surface area (Å²) in [5.41, 5.74) is 2.09. The molecule has 0 saturated carbocycles. The van der Waals surface area contributed by atoms with E-state index in [2.05, 4.69) is 56.2 Å². The second-order valence-electron chi connectivity index (χ2n) is 8.85. The van der Waals surface area contributed by atoms with Crippen LogP contribution in [0.15, 0.2) is 30.5 Å². The maximum Gasteiger partial charge on any atom is 0.274 e. The zero-order chi connectivity index (χ0) is 24.1. The Kier molecular flexibility index (Phi) is 8.38. The first kappa shape index (κ1) is 25.3. The molecule has 0 bridgehead atoms. The quantitative estimate of drug-likeness (QED) is 0.541. The van der Waals surface area contributed by atoms with Crippen molar-refractivity contribution in [1.29, 1.82) is 0 Å². The fourth-order valence-corrected chi connectivity index (χ4v) is 3.95. The number of aromatic nitrogens is 1. The maximum atomic E-state index is 12.7. The highest BCUT2D eigenvalue weighted by atomic mass is 16.5. The minimum atomic E-state index is -1.30. The van der Waals surface area contributed by atoms with Gasteiger partial charge in [-0.25, -0.2) is 4.98 Å². The molecule has 7 nitrogen and oxygen atoms in total. The molecule has 0 saturated heterocycles. The van der Waals surface area contributed by atoms with Crippen LogP contribution in [0.4, 0.5) is 0 Å². The maximum absolute atomic E-state index is 12.7. The molecular formula is C25H34N2O5. The number of benzene rings is 1. The summed E-state index contributed by atoms with van der Waals surface area (Å²) in [4.78, 5) is 28.5. The number of rotatable bonds is 10. The Morgan fingerprint density at radius 3 is 2.50 bits per heavy atom. The van der Waals surface area contributed by atoms with E-state index in [9.17, 15) is 14.7 Å². The number of aldehydes is 1. The number of nitrogens with zero attached hydrogens (tertiary/aromatic N) is 1. The Hall–Kier alpha value is -2.93. The lowest BCUT2D eigenvalue weighted by molar-refractivity contribution is -0.116. The third-order valence-electron chi connectivity index (χ3n) is 5.64. The molecular weight excluding hydrogens is 408 g/mol. The molecule has 2 aromatic rings. The summed E-state index contributed by atoms with van der Waals surface area (Å²) in [6.07, 6.45) is 1.79. The summed E-state index contributed by atoms with van der Waals surface area (Å²) < 4.78 is 11.1. The molecule has 2 N–H and O–H groups in total. The second-order valence-corrected chi connectivity index (χ2v) is 8.85. The number of carbonyl (C=O) groups excluding carboxylic acids is 2. The molecule has 1 aromatic carbocycles. The van der Waals surface area contributed by atoms with E-state index in [0.717, 1.165) is 0 Å². The first-order valence-corrected chi connectivity index (χ1v) is 10.7. The van der Waals surface area contributed by atoms with E-state index < -0.39 is 11.4 Å². The van der Waals surface area contributed by atoms with Crippen molar-refractivity contribution in [2.75, 3.05) is 13.7 Å². The van der Waals surface area contributed by atoms with Gasteiger partial charge in [-0.15, -0.1) is 0 Å². The number of ether oxygens (including phenoxy) is 2. The molecule has 7 heteroatoms.